The molecule has 0 unspecified atom stereocenters. The number of rotatable bonds is 3. The fraction of sp³-hybridized carbons (Fsp3) is 0.100. The van der Waals surface area contributed by atoms with E-state index in [1.54, 1.807) is 6.07 Å². The zero-order valence-electron chi connectivity index (χ0n) is 13.5. The number of fused-ring (bicyclic) bond motifs is 1. The Morgan fingerprint density at radius 1 is 1.12 bits per heavy atom. The van der Waals surface area contributed by atoms with E-state index in [2.05, 4.69) is 9.97 Å². The Balaban J connectivity index is 2.07. The summed E-state index contributed by atoms with van der Waals surface area (Å²) < 4.78 is 20.2. The molecular weight excluding hydrogens is 319 g/mol. The van der Waals surface area contributed by atoms with Gasteiger partial charge in [-0.25, -0.2) is 9.37 Å². The molecule has 1 N–H and O–H groups in total. The molecular formula is C20H15FN2O2. The molecule has 0 aliphatic rings. The fourth-order valence-corrected chi connectivity index (χ4v) is 3.00. The lowest BCUT2D eigenvalue weighted by Crippen LogP contribution is -2.05. The number of H-pyrrole nitrogens is 1. The highest BCUT2D eigenvalue weighted by molar-refractivity contribution is 5.99. The number of benzene rings is 2. The number of halogens is 1. The van der Waals surface area contributed by atoms with Crippen LogP contribution in [0, 0.1) is 5.82 Å². The fourth-order valence-electron chi connectivity index (χ4n) is 3.00. The molecule has 5 heteroatoms. The number of aromatic nitrogens is 2. The van der Waals surface area contributed by atoms with E-state index in [1.165, 1.54) is 12.4 Å². The van der Waals surface area contributed by atoms with E-state index in [0.29, 0.717) is 34.3 Å². The summed E-state index contributed by atoms with van der Waals surface area (Å²) in [5.74, 6) is 0.206. The number of aryl methyl sites for hydroxylation is 1. The van der Waals surface area contributed by atoms with Crippen LogP contribution in [0.3, 0.4) is 0 Å². The van der Waals surface area contributed by atoms with Crippen molar-refractivity contribution in [2.75, 3.05) is 0 Å². The predicted molar refractivity (Wildman–Crippen MR) is 94.8 cm³/mol. The first-order valence-electron chi connectivity index (χ1n) is 8.03. The van der Waals surface area contributed by atoms with Crippen LogP contribution in [0.5, 0.6) is 0 Å². The van der Waals surface area contributed by atoms with Gasteiger partial charge in [0.05, 0.1) is 6.33 Å². The van der Waals surface area contributed by atoms with Crippen molar-refractivity contribution in [2.24, 2.45) is 0 Å². The molecule has 2 heterocycles. The molecule has 4 rings (SSSR count). The van der Waals surface area contributed by atoms with E-state index in [1.807, 2.05) is 43.3 Å². The van der Waals surface area contributed by atoms with Gasteiger partial charge >= 0.3 is 0 Å². The molecule has 25 heavy (non-hydrogen) atoms. The SMILES string of the molecule is CCc1ccc(-c2c(-c3ccccc3)oc3nc[nH]c(=O)c23)cc1F. The van der Waals surface area contributed by atoms with Crippen LogP contribution in [-0.2, 0) is 6.42 Å². The highest BCUT2D eigenvalue weighted by Gasteiger charge is 2.21. The molecule has 0 saturated heterocycles. The molecule has 0 bridgehead atoms. The Labute approximate surface area is 143 Å². The Kier molecular flexibility index (Phi) is 3.69. The van der Waals surface area contributed by atoms with Gasteiger partial charge < -0.3 is 9.40 Å². The van der Waals surface area contributed by atoms with Gasteiger partial charge in [-0.05, 0) is 23.6 Å². The van der Waals surface area contributed by atoms with Gasteiger partial charge in [-0.15, -0.1) is 0 Å². The zero-order chi connectivity index (χ0) is 17.4. The smallest absolute Gasteiger partial charge is 0.262 e. The first-order valence-corrected chi connectivity index (χ1v) is 8.03. The maximum atomic E-state index is 14.3. The monoisotopic (exact) mass is 334 g/mol. The summed E-state index contributed by atoms with van der Waals surface area (Å²) in [5.41, 5.74) is 2.49. The average molecular weight is 334 g/mol. The highest BCUT2D eigenvalue weighted by Crippen LogP contribution is 2.39. The van der Waals surface area contributed by atoms with Gasteiger partial charge in [0.1, 0.15) is 17.0 Å². The normalized spacial score (nSPS) is 11.1. The first-order chi connectivity index (χ1) is 12.2. The van der Waals surface area contributed by atoms with Crippen LogP contribution in [0.25, 0.3) is 33.6 Å². The lowest BCUT2D eigenvalue weighted by molar-refractivity contribution is 0.612. The summed E-state index contributed by atoms with van der Waals surface area (Å²) in [6.07, 6.45) is 1.90. The molecule has 4 nitrogen and oxygen atoms in total. The van der Waals surface area contributed by atoms with Crippen molar-refractivity contribution >= 4 is 11.1 Å². The maximum absolute atomic E-state index is 14.3. The molecule has 0 fully saturated rings. The molecule has 0 atom stereocenters. The Bertz CT molecular complexity index is 1110. The number of hydrogen-bond donors (Lipinski definition) is 1. The van der Waals surface area contributed by atoms with Crippen molar-refractivity contribution in [3.05, 3.63) is 76.6 Å². The van der Waals surface area contributed by atoms with Gasteiger partial charge in [0.2, 0.25) is 5.71 Å². The Morgan fingerprint density at radius 3 is 2.64 bits per heavy atom. The van der Waals surface area contributed by atoms with Gasteiger partial charge in [0.15, 0.2) is 0 Å². The van der Waals surface area contributed by atoms with Gasteiger partial charge in [-0.3, -0.25) is 4.79 Å². The second-order valence-electron chi connectivity index (χ2n) is 5.74. The third kappa shape index (κ3) is 2.54. The molecule has 0 amide bonds. The van der Waals surface area contributed by atoms with Crippen molar-refractivity contribution in [1.29, 1.82) is 0 Å². The second-order valence-corrected chi connectivity index (χ2v) is 5.74. The van der Waals surface area contributed by atoms with Crippen molar-refractivity contribution in [1.82, 2.24) is 9.97 Å². The standard InChI is InChI=1S/C20H15FN2O2/c1-2-12-8-9-14(10-15(12)21)16-17-19(24)22-11-23-20(17)25-18(16)13-6-4-3-5-7-13/h3-11H,2H2,1H3,(H,22,23,24). The molecule has 0 aliphatic carbocycles. The van der Waals surface area contributed by atoms with Crippen LogP contribution in [0.15, 0.2) is 64.1 Å². The molecule has 0 radical (unpaired) electrons. The minimum Gasteiger partial charge on any atom is -0.437 e. The minimum absolute atomic E-state index is 0.234. The zero-order valence-corrected chi connectivity index (χ0v) is 13.5. The molecule has 124 valence electrons. The number of hydrogen-bond acceptors (Lipinski definition) is 3. The second kappa shape index (κ2) is 6.02. The van der Waals surface area contributed by atoms with Gasteiger partial charge in [0, 0.05) is 11.1 Å². The highest BCUT2D eigenvalue weighted by atomic mass is 19.1. The largest absolute Gasteiger partial charge is 0.437 e. The maximum Gasteiger partial charge on any atom is 0.262 e. The third-order valence-corrected chi connectivity index (χ3v) is 4.25. The number of furan rings is 1. The van der Waals surface area contributed by atoms with Crippen molar-refractivity contribution in [2.45, 2.75) is 13.3 Å². The average Bonchev–Trinajstić information content (AvgIpc) is 3.03. The van der Waals surface area contributed by atoms with E-state index in [4.69, 9.17) is 4.42 Å². The van der Waals surface area contributed by atoms with Gasteiger partial charge in [-0.2, -0.15) is 0 Å². The molecule has 0 spiro atoms. The van der Waals surface area contributed by atoms with Crippen molar-refractivity contribution < 1.29 is 8.81 Å². The van der Waals surface area contributed by atoms with E-state index in [0.717, 1.165) is 5.56 Å². The lowest BCUT2D eigenvalue weighted by Gasteiger charge is -2.06. The van der Waals surface area contributed by atoms with Gasteiger partial charge in [0.25, 0.3) is 5.56 Å². The predicted octanol–water partition coefficient (Wildman–Crippen LogP) is 4.55. The van der Waals surface area contributed by atoms with Crippen molar-refractivity contribution in [3.8, 4) is 22.5 Å². The quantitative estimate of drug-likeness (QED) is 0.598. The van der Waals surface area contributed by atoms with Crippen LogP contribution >= 0.6 is 0 Å². The Morgan fingerprint density at radius 2 is 1.92 bits per heavy atom. The van der Waals surface area contributed by atoms with Crippen molar-refractivity contribution in [3.63, 3.8) is 0 Å². The number of nitrogens with zero attached hydrogens (tertiary/aromatic N) is 1. The van der Waals surface area contributed by atoms with E-state index in [-0.39, 0.29) is 17.1 Å². The van der Waals surface area contributed by atoms with Crippen LogP contribution < -0.4 is 5.56 Å². The van der Waals surface area contributed by atoms with Crippen LogP contribution in [-0.4, -0.2) is 9.97 Å². The van der Waals surface area contributed by atoms with E-state index < -0.39 is 0 Å². The number of aromatic amines is 1. The summed E-state index contributed by atoms with van der Waals surface area (Å²) in [7, 11) is 0. The summed E-state index contributed by atoms with van der Waals surface area (Å²) in [5, 5.41) is 0.324. The first kappa shape index (κ1) is 15.3. The molecule has 2 aromatic heterocycles. The third-order valence-electron chi connectivity index (χ3n) is 4.25. The van der Waals surface area contributed by atoms with Crippen LogP contribution in [0.1, 0.15) is 12.5 Å². The van der Waals surface area contributed by atoms with E-state index in [9.17, 15) is 9.18 Å². The summed E-state index contributed by atoms with van der Waals surface area (Å²) in [4.78, 5) is 19.1. The lowest BCUT2D eigenvalue weighted by atomic mass is 9.98. The summed E-state index contributed by atoms with van der Waals surface area (Å²) >= 11 is 0. The minimum atomic E-state index is -0.314. The molecule has 2 aromatic carbocycles. The van der Waals surface area contributed by atoms with Gasteiger partial charge in [-0.1, -0.05) is 49.4 Å². The molecule has 0 saturated carbocycles. The topological polar surface area (TPSA) is 58.9 Å². The summed E-state index contributed by atoms with van der Waals surface area (Å²) in [6.45, 7) is 1.90. The molecule has 4 aromatic rings. The van der Waals surface area contributed by atoms with Crippen LogP contribution in [0.4, 0.5) is 4.39 Å². The van der Waals surface area contributed by atoms with E-state index >= 15 is 0 Å². The number of nitrogens with one attached hydrogen (secondary N) is 1. The summed E-state index contributed by atoms with van der Waals surface area (Å²) in [6, 6.07) is 14.4. The molecule has 0 aliphatic heterocycles. The van der Waals surface area contributed by atoms with Crippen LogP contribution in [0.2, 0.25) is 0 Å². The Hall–Kier alpha value is -3.21.